The lowest BCUT2D eigenvalue weighted by molar-refractivity contribution is -0.174. The van der Waals surface area contributed by atoms with Gasteiger partial charge in [-0.15, -0.1) is 0 Å². The van der Waals surface area contributed by atoms with Gasteiger partial charge in [0, 0.05) is 26.8 Å². The van der Waals surface area contributed by atoms with Crippen molar-refractivity contribution in [1.29, 1.82) is 0 Å². The number of hydrogen-bond acceptors (Lipinski definition) is 3. The fourth-order valence-electron chi connectivity index (χ4n) is 2.21. The first-order valence-electron chi connectivity index (χ1n) is 7.23. The zero-order valence-corrected chi connectivity index (χ0v) is 12.8. The molecule has 0 bridgehead atoms. The molecule has 0 fully saturated rings. The van der Waals surface area contributed by atoms with Gasteiger partial charge in [-0.1, -0.05) is 13.8 Å². The van der Waals surface area contributed by atoms with Crippen molar-refractivity contribution < 1.29 is 22.6 Å². The third kappa shape index (κ3) is 9.55. The molecule has 0 heterocycles. The first kappa shape index (κ1) is 19.7. The molecule has 20 heavy (non-hydrogen) atoms. The normalized spacial score (nSPS) is 12.9. The van der Waals surface area contributed by atoms with Gasteiger partial charge >= 0.3 is 6.18 Å². The lowest BCUT2D eigenvalue weighted by Gasteiger charge is -2.32. The summed E-state index contributed by atoms with van der Waals surface area (Å²) in [6.45, 7) is 5.59. The maximum atomic E-state index is 11.9. The molecule has 0 aromatic rings. The van der Waals surface area contributed by atoms with E-state index in [9.17, 15) is 13.2 Å². The largest absolute Gasteiger partial charge is 0.411 e. The minimum absolute atomic E-state index is 0.134. The molecule has 0 radical (unpaired) electrons. The van der Waals surface area contributed by atoms with Gasteiger partial charge in [0.05, 0.1) is 6.61 Å². The number of nitrogens with one attached hydrogen (secondary N) is 1. The Balaban J connectivity index is 3.93. The molecule has 0 saturated carbocycles. The maximum absolute atomic E-state index is 11.9. The molecule has 0 aliphatic rings. The van der Waals surface area contributed by atoms with Crippen molar-refractivity contribution in [2.45, 2.75) is 45.7 Å². The summed E-state index contributed by atoms with van der Waals surface area (Å²) in [7, 11) is 1.66. The Labute approximate surface area is 120 Å². The second kappa shape index (κ2) is 10.4. The predicted molar refractivity (Wildman–Crippen MR) is 73.9 cm³/mol. The van der Waals surface area contributed by atoms with Crippen molar-refractivity contribution in [1.82, 2.24) is 5.32 Å². The van der Waals surface area contributed by atoms with Crippen molar-refractivity contribution in [2.75, 3.05) is 40.0 Å². The minimum atomic E-state index is -4.23. The van der Waals surface area contributed by atoms with Crippen LogP contribution in [0.2, 0.25) is 0 Å². The predicted octanol–water partition coefficient (Wildman–Crippen LogP) is 3.39. The van der Waals surface area contributed by atoms with Crippen LogP contribution in [-0.4, -0.2) is 46.2 Å². The van der Waals surface area contributed by atoms with E-state index in [1.807, 2.05) is 0 Å². The van der Waals surface area contributed by atoms with Gasteiger partial charge in [-0.3, -0.25) is 0 Å². The lowest BCUT2D eigenvalue weighted by Crippen LogP contribution is -2.35. The number of halogens is 3. The average Bonchev–Trinajstić information content (AvgIpc) is 2.40. The third-order valence-corrected chi connectivity index (χ3v) is 3.74. The van der Waals surface area contributed by atoms with Crippen molar-refractivity contribution in [3.8, 4) is 0 Å². The molecule has 122 valence electrons. The third-order valence-electron chi connectivity index (χ3n) is 3.74. The van der Waals surface area contributed by atoms with Gasteiger partial charge in [0.1, 0.15) is 6.61 Å². The summed E-state index contributed by atoms with van der Waals surface area (Å²) in [6.07, 6.45) is -0.693. The highest BCUT2D eigenvalue weighted by Crippen LogP contribution is 2.31. The van der Waals surface area contributed by atoms with E-state index in [1.165, 1.54) is 0 Å². The Hall–Kier alpha value is -0.330. The molecule has 0 spiro atoms. The van der Waals surface area contributed by atoms with Crippen molar-refractivity contribution >= 4 is 0 Å². The molecule has 0 aromatic heterocycles. The van der Waals surface area contributed by atoms with Gasteiger partial charge in [0.15, 0.2) is 0 Å². The van der Waals surface area contributed by atoms with Crippen LogP contribution in [0.3, 0.4) is 0 Å². The van der Waals surface area contributed by atoms with E-state index in [2.05, 4.69) is 23.9 Å². The highest BCUT2D eigenvalue weighted by atomic mass is 19.4. The van der Waals surface area contributed by atoms with Crippen molar-refractivity contribution in [3.63, 3.8) is 0 Å². The molecule has 6 heteroatoms. The van der Waals surface area contributed by atoms with E-state index in [1.54, 1.807) is 7.11 Å². The number of rotatable bonds is 12. The van der Waals surface area contributed by atoms with Crippen LogP contribution >= 0.6 is 0 Å². The number of ether oxygens (including phenoxy) is 2. The molecule has 0 aromatic carbocycles. The van der Waals surface area contributed by atoms with E-state index in [0.29, 0.717) is 13.0 Å². The van der Waals surface area contributed by atoms with Crippen LogP contribution in [0.1, 0.15) is 39.5 Å². The number of methoxy groups -OCH3 is 1. The molecule has 3 nitrogen and oxygen atoms in total. The summed E-state index contributed by atoms with van der Waals surface area (Å²) < 4.78 is 45.5. The molecular weight excluding hydrogens is 271 g/mol. The van der Waals surface area contributed by atoms with E-state index >= 15 is 0 Å². The molecule has 0 saturated heterocycles. The molecule has 0 aliphatic heterocycles. The first-order valence-corrected chi connectivity index (χ1v) is 7.23. The van der Waals surface area contributed by atoms with Crippen LogP contribution in [0, 0.1) is 5.41 Å². The Morgan fingerprint density at radius 3 is 2.20 bits per heavy atom. The Kier molecular flexibility index (Phi) is 10.2. The SMILES string of the molecule is CCC(CC)(CCCOCC(F)(F)F)CNCCOC. The zero-order chi connectivity index (χ0) is 15.5. The van der Waals surface area contributed by atoms with Crippen LogP contribution < -0.4 is 5.32 Å². The summed E-state index contributed by atoms with van der Waals surface area (Å²) in [4.78, 5) is 0. The van der Waals surface area contributed by atoms with Crippen LogP contribution in [-0.2, 0) is 9.47 Å². The van der Waals surface area contributed by atoms with Crippen LogP contribution in [0.5, 0.6) is 0 Å². The van der Waals surface area contributed by atoms with E-state index in [-0.39, 0.29) is 12.0 Å². The summed E-state index contributed by atoms with van der Waals surface area (Å²) in [6, 6.07) is 0. The maximum Gasteiger partial charge on any atom is 0.411 e. The van der Waals surface area contributed by atoms with Gasteiger partial charge in [-0.25, -0.2) is 0 Å². The number of hydrogen-bond donors (Lipinski definition) is 1. The second-order valence-corrected chi connectivity index (χ2v) is 5.15. The van der Waals surface area contributed by atoms with Crippen molar-refractivity contribution in [2.24, 2.45) is 5.41 Å². The van der Waals surface area contributed by atoms with Gasteiger partial charge in [-0.2, -0.15) is 13.2 Å². The first-order chi connectivity index (χ1) is 9.39. The Bertz CT molecular complexity index is 231. The van der Waals surface area contributed by atoms with Gasteiger partial charge in [0.25, 0.3) is 0 Å². The molecule has 0 unspecified atom stereocenters. The van der Waals surface area contributed by atoms with Crippen LogP contribution in [0.25, 0.3) is 0 Å². The average molecular weight is 299 g/mol. The Morgan fingerprint density at radius 1 is 1.05 bits per heavy atom. The monoisotopic (exact) mass is 299 g/mol. The zero-order valence-electron chi connectivity index (χ0n) is 12.8. The van der Waals surface area contributed by atoms with Crippen LogP contribution in [0.4, 0.5) is 13.2 Å². The summed E-state index contributed by atoms with van der Waals surface area (Å²) >= 11 is 0. The topological polar surface area (TPSA) is 30.5 Å². The molecule has 0 amide bonds. The summed E-state index contributed by atoms with van der Waals surface area (Å²) in [5.74, 6) is 0. The smallest absolute Gasteiger partial charge is 0.383 e. The fraction of sp³-hybridized carbons (Fsp3) is 1.00. The molecule has 0 aliphatic carbocycles. The van der Waals surface area contributed by atoms with Gasteiger partial charge < -0.3 is 14.8 Å². The van der Waals surface area contributed by atoms with E-state index < -0.39 is 12.8 Å². The van der Waals surface area contributed by atoms with Crippen LogP contribution in [0.15, 0.2) is 0 Å². The van der Waals surface area contributed by atoms with E-state index in [4.69, 9.17) is 4.74 Å². The molecule has 0 rings (SSSR count). The quantitative estimate of drug-likeness (QED) is 0.560. The van der Waals surface area contributed by atoms with Gasteiger partial charge in [-0.05, 0) is 31.1 Å². The summed E-state index contributed by atoms with van der Waals surface area (Å²) in [5, 5.41) is 3.35. The Morgan fingerprint density at radius 2 is 1.70 bits per heavy atom. The number of alkyl halides is 3. The molecule has 0 atom stereocenters. The minimum Gasteiger partial charge on any atom is -0.383 e. The summed E-state index contributed by atoms with van der Waals surface area (Å²) in [5.41, 5.74) is 0.134. The van der Waals surface area contributed by atoms with E-state index in [0.717, 1.165) is 32.4 Å². The fourth-order valence-corrected chi connectivity index (χ4v) is 2.21. The lowest BCUT2D eigenvalue weighted by atomic mass is 9.78. The highest BCUT2D eigenvalue weighted by Gasteiger charge is 2.28. The standard InChI is InChI=1S/C14H28F3NO2/c1-4-13(5-2,11-18-8-10-19-3)7-6-9-20-12-14(15,16)17/h18H,4-12H2,1-3H3. The van der Waals surface area contributed by atoms with Crippen molar-refractivity contribution in [3.05, 3.63) is 0 Å². The molecular formula is C14H28F3NO2. The molecule has 1 N–H and O–H groups in total. The second-order valence-electron chi connectivity index (χ2n) is 5.15. The highest BCUT2D eigenvalue weighted by molar-refractivity contribution is 4.79. The van der Waals surface area contributed by atoms with Gasteiger partial charge in [0.2, 0.25) is 0 Å².